The molecule has 0 radical (unpaired) electrons. The molecular weight excluding hydrogens is 252 g/mol. The first kappa shape index (κ1) is 14.7. The van der Waals surface area contributed by atoms with Gasteiger partial charge in [-0.1, -0.05) is 18.2 Å². The summed E-state index contributed by atoms with van der Waals surface area (Å²) in [6.07, 6.45) is 1.04. The molecule has 0 spiro atoms. The zero-order chi connectivity index (χ0) is 13.8. The Morgan fingerprint density at radius 2 is 1.94 bits per heavy atom. The van der Waals surface area contributed by atoms with Gasteiger partial charge in [0.2, 0.25) is 5.91 Å². The first-order chi connectivity index (χ1) is 8.33. The van der Waals surface area contributed by atoms with Crippen LogP contribution in [0.2, 0.25) is 0 Å². The highest BCUT2D eigenvalue weighted by molar-refractivity contribution is 7.91. The van der Waals surface area contributed by atoms with Crippen molar-refractivity contribution in [1.29, 1.82) is 0 Å². The third-order valence-electron chi connectivity index (χ3n) is 2.53. The van der Waals surface area contributed by atoms with Crippen LogP contribution in [0.5, 0.6) is 0 Å². The number of carbonyl (C=O) groups excluding carboxylic acids is 1. The lowest BCUT2D eigenvalue weighted by Crippen LogP contribution is -2.23. The Morgan fingerprint density at radius 1 is 1.33 bits per heavy atom. The van der Waals surface area contributed by atoms with Crippen molar-refractivity contribution in [3.05, 3.63) is 29.8 Å². The molecule has 6 heteroatoms. The number of benzene rings is 1. The Labute approximate surface area is 108 Å². The molecule has 0 bridgehead atoms. The fraction of sp³-hybridized carbons (Fsp3) is 0.417. The molecule has 5 nitrogen and oxygen atoms in total. The van der Waals surface area contributed by atoms with Crippen LogP contribution in [0.3, 0.4) is 0 Å². The molecule has 0 saturated carbocycles. The molecule has 0 heterocycles. The number of para-hydroxylation sites is 1. The van der Waals surface area contributed by atoms with Crippen molar-refractivity contribution in [3.63, 3.8) is 0 Å². The Bertz CT molecular complexity index is 526. The van der Waals surface area contributed by atoms with Gasteiger partial charge >= 0.3 is 0 Å². The van der Waals surface area contributed by atoms with E-state index in [1.54, 1.807) is 12.1 Å². The second kappa shape index (κ2) is 5.97. The van der Waals surface area contributed by atoms with E-state index in [9.17, 15) is 13.2 Å². The van der Waals surface area contributed by atoms with Crippen LogP contribution in [0.15, 0.2) is 24.3 Å². The highest BCUT2D eigenvalue weighted by Crippen LogP contribution is 2.22. The number of rotatable bonds is 5. The van der Waals surface area contributed by atoms with Crippen molar-refractivity contribution in [2.45, 2.75) is 13.0 Å². The summed E-state index contributed by atoms with van der Waals surface area (Å²) in [7, 11) is -1.49. The van der Waals surface area contributed by atoms with Gasteiger partial charge in [-0.3, -0.25) is 4.79 Å². The summed E-state index contributed by atoms with van der Waals surface area (Å²) >= 11 is 0. The molecule has 18 heavy (non-hydrogen) atoms. The maximum absolute atomic E-state index is 11.6. The van der Waals surface area contributed by atoms with E-state index in [2.05, 4.69) is 10.6 Å². The fourth-order valence-corrected chi connectivity index (χ4v) is 2.12. The number of carbonyl (C=O) groups is 1. The summed E-state index contributed by atoms with van der Waals surface area (Å²) in [5.41, 5.74) is 1.55. The predicted molar refractivity (Wildman–Crippen MR) is 72.3 cm³/mol. The van der Waals surface area contributed by atoms with Gasteiger partial charge in [-0.05, 0) is 25.6 Å². The number of hydrogen-bond acceptors (Lipinski definition) is 4. The van der Waals surface area contributed by atoms with Crippen molar-refractivity contribution in [2.75, 3.05) is 24.4 Å². The molecule has 1 amide bonds. The molecule has 0 fully saturated rings. The zero-order valence-corrected chi connectivity index (χ0v) is 11.5. The largest absolute Gasteiger partial charge is 0.325 e. The van der Waals surface area contributed by atoms with Gasteiger partial charge in [-0.25, -0.2) is 8.42 Å². The molecular formula is C12H18N2O3S. The summed E-state index contributed by atoms with van der Waals surface area (Å²) in [4.78, 5) is 11.6. The van der Waals surface area contributed by atoms with E-state index in [0.717, 1.165) is 11.8 Å². The minimum absolute atomic E-state index is 0.0692. The third kappa shape index (κ3) is 4.46. The summed E-state index contributed by atoms with van der Waals surface area (Å²) in [6, 6.07) is 7.37. The third-order valence-corrected chi connectivity index (χ3v) is 3.31. The number of anilines is 1. The monoisotopic (exact) mass is 270 g/mol. The maximum Gasteiger partial charge on any atom is 0.239 e. The molecule has 0 aliphatic carbocycles. The van der Waals surface area contributed by atoms with Crippen LogP contribution < -0.4 is 10.6 Å². The second-order valence-corrected chi connectivity index (χ2v) is 6.36. The van der Waals surface area contributed by atoms with Gasteiger partial charge in [0.1, 0.15) is 5.75 Å². The Kier molecular flexibility index (Phi) is 4.86. The Balaban J connectivity index is 2.88. The first-order valence-electron chi connectivity index (χ1n) is 5.57. The zero-order valence-electron chi connectivity index (χ0n) is 10.7. The first-order valence-corrected chi connectivity index (χ1v) is 7.63. The van der Waals surface area contributed by atoms with Gasteiger partial charge < -0.3 is 10.6 Å². The van der Waals surface area contributed by atoms with Gasteiger partial charge in [0, 0.05) is 18.0 Å². The molecule has 1 rings (SSSR count). The number of hydrogen-bond donors (Lipinski definition) is 2. The van der Waals surface area contributed by atoms with Crippen LogP contribution in [0.1, 0.15) is 18.5 Å². The average molecular weight is 270 g/mol. The maximum atomic E-state index is 11.6. The minimum atomic E-state index is -3.31. The highest BCUT2D eigenvalue weighted by Gasteiger charge is 2.14. The molecule has 0 aromatic heterocycles. The molecule has 100 valence electrons. The smallest absolute Gasteiger partial charge is 0.239 e. The highest BCUT2D eigenvalue weighted by atomic mass is 32.2. The lowest BCUT2D eigenvalue weighted by Gasteiger charge is -2.16. The van der Waals surface area contributed by atoms with Crippen LogP contribution in [0, 0.1) is 0 Å². The lowest BCUT2D eigenvalue weighted by atomic mass is 10.1. The number of amides is 1. The number of sulfone groups is 1. The van der Waals surface area contributed by atoms with Crippen LogP contribution in [-0.2, 0) is 14.6 Å². The predicted octanol–water partition coefficient (Wildman–Crippen LogP) is 0.950. The molecule has 0 aliphatic heterocycles. The minimum Gasteiger partial charge on any atom is -0.325 e. The normalized spacial score (nSPS) is 13.1. The molecule has 1 aromatic rings. The Morgan fingerprint density at radius 3 is 2.50 bits per heavy atom. The van der Waals surface area contributed by atoms with Gasteiger partial charge in [-0.2, -0.15) is 0 Å². The van der Waals surface area contributed by atoms with E-state index in [0.29, 0.717) is 5.69 Å². The van der Waals surface area contributed by atoms with E-state index in [-0.39, 0.29) is 6.04 Å². The van der Waals surface area contributed by atoms with E-state index >= 15 is 0 Å². The van der Waals surface area contributed by atoms with Crippen molar-refractivity contribution in [2.24, 2.45) is 0 Å². The van der Waals surface area contributed by atoms with Gasteiger partial charge in [-0.15, -0.1) is 0 Å². The summed E-state index contributed by atoms with van der Waals surface area (Å²) < 4.78 is 22.1. The molecule has 0 saturated heterocycles. The van der Waals surface area contributed by atoms with E-state index in [1.165, 1.54) is 0 Å². The molecule has 0 aliphatic rings. The van der Waals surface area contributed by atoms with Crippen molar-refractivity contribution >= 4 is 21.4 Å². The van der Waals surface area contributed by atoms with E-state index < -0.39 is 21.5 Å². The Hall–Kier alpha value is -1.40. The van der Waals surface area contributed by atoms with Crippen LogP contribution in [0.4, 0.5) is 5.69 Å². The standard InChI is InChI=1S/C12H18N2O3S/c1-9(13-2)10-6-4-5-7-11(10)14-12(15)8-18(3,16)17/h4-7,9,13H,8H2,1-3H3,(H,14,15). The van der Waals surface area contributed by atoms with Gasteiger partial charge in [0.15, 0.2) is 9.84 Å². The van der Waals surface area contributed by atoms with Crippen LogP contribution >= 0.6 is 0 Å². The summed E-state index contributed by atoms with van der Waals surface area (Å²) in [5.74, 6) is -1.02. The average Bonchev–Trinajstić information content (AvgIpc) is 2.26. The SMILES string of the molecule is CNC(C)c1ccccc1NC(=O)CS(C)(=O)=O. The van der Waals surface area contributed by atoms with Crippen molar-refractivity contribution in [3.8, 4) is 0 Å². The van der Waals surface area contributed by atoms with Gasteiger partial charge in [0.25, 0.3) is 0 Å². The van der Waals surface area contributed by atoms with E-state index in [1.807, 2.05) is 26.1 Å². The molecule has 1 atom stereocenters. The lowest BCUT2D eigenvalue weighted by molar-refractivity contribution is -0.113. The van der Waals surface area contributed by atoms with Crippen LogP contribution in [0.25, 0.3) is 0 Å². The van der Waals surface area contributed by atoms with Crippen molar-refractivity contribution in [1.82, 2.24) is 5.32 Å². The topological polar surface area (TPSA) is 75.3 Å². The fourth-order valence-electron chi connectivity index (χ4n) is 1.57. The quantitative estimate of drug-likeness (QED) is 0.835. The second-order valence-electron chi connectivity index (χ2n) is 4.22. The van der Waals surface area contributed by atoms with Crippen LogP contribution in [-0.4, -0.2) is 33.4 Å². The van der Waals surface area contributed by atoms with Gasteiger partial charge in [0.05, 0.1) is 0 Å². The number of nitrogens with one attached hydrogen (secondary N) is 2. The summed E-state index contributed by atoms with van der Waals surface area (Å²) in [5, 5.41) is 5.70. The molecule has 1 aromatic carbocycles. The van der Waals surface area contributed by atoms with E-state index in [4.69, 9.17) is 0 Å². The molecule has 2 N–H and O–H groups in total. The molecule has 1 unspecified atom stereocenters. The summed E-state index contributed by atoms with van der Waals surface area (Å²) in [6.45, 7) is 1.96. The van der Waals surface area contributed by atoms with Crippen molar-refractivity contribution < 1.29 is 13.2 Å².